The van der Waals surface area contributed by atoms with Gasteiger partial charge in [0.15, 0.2) is 0 Å². The van der Waals surface area contributed by atoms with Gasteiger partial charge in [-0.15, -0.1) is 10.2 Å². The number of carbonyl (C=O) groups is 1. The smallest absolute Gasteiger partial charge is 0.233 e. The Balaban J connectivity index is 1.47. The number of hydrogen-bond donors (Lipinski definition) is 1. The summed E-state index contributed by atoms with van der Waals surface area (Å²) in [5.74, 6) is 1.49. The summed E-state index contributed by atoms with van der Waals surface area (Å²) in [5.41, 5.74) is 3.76. The lowest BCUT2D eigenvalue weighted by atomic mass is 9.75. The van der Waals surface area contributed by atoms with E-state index in [4.69, 9.17) is 9.47 Å². The number of carbonyl (C=O) groups excluding carboxylic acids is 1. The standard InChI is InChI=1S/C23H29N3O3/c1-15-11-16-13-17(14-24-22(27)23(2)9-5-4-6-10-23)29-21(16)18(12-15)19-7-8-20(28-3)26-25-19/h7-8,11-12,17H,4-6,9-10,13-14H2,1-3H3,(H,24,27)/t17-/m1/s1. The average molecular weight is 396 g/mol. The molecule has 0 unspecified atom stereocenters. The SMILES string of the molecule is COc1ccc(-c2cc(C)cc3c2O[C@@H](CNC(=O)C2(C)CCCCC2)C3)nn1. The molecule has 154 valence electrons. The van der Waals surface area contributed by atoms with Gasteiger partial charge in [-0.2, -0.15) is 0 Å². The van der Waals surface area contributed by atoms with Gasteiger partial charge in [0.2, 0.25) is 11.8 Å². The van der Waals surface area contributed by atoms with E-state index in [9.17, 15) is 4.79 Å². The molecule has 0 bridgehead atoms. The third-order valence-electron chi connectivity index (χ3n) is 6.16. The molecule has 2 aliphatic rings. The third kappa shape index (κ3) is 4.07. The molecule has 1 aliphatic carbocycles. The number of ether oxygens (including phenoxy) is 2. The molecule has 0 saturated heterocycles. The van der Waals surface area contributed by atoms with Crippen LogP contribution in [0.2, 0.25) is 0 Å². The second-order valence-electron chi connectivity index (χ2n) is 8.54. The Morgan fingerprint density at radius 1 is 1.24 bits per heavy atom. The predicted molar refractivity (Wildman–Crippen MR) is 111 cm³/mol. The summed E-state index contributed by atoms with van der Waals surface area (Å²) in [7, 11) is 1.57. The zero-order chi connectivity index (χ0) is 20.4. The lowest BCUT2D eigenvalue weighted by Gasteiger charge is -2.32. The fourth-order valence-electron chi connectivity index (χ4n) is 4.45. The number of aromatic nitrogens is 2. The van der Waals surface area contributed by atoms with Crippen LogP contribution in [0.4, 0.5) is 0 Å². The fourth-order valence-corrected chi connectivity index (χ4v) is 4.45. The highest BCUT2D eigenvalue weighted by Gasteiger charge is 2.35. The van der Waals surface area contributed by atoms with Crippen molar-refractivity contribution in [3.05, 3.63) is 35.4 Å². The van der Waals surface area contributed by atoms with Crippen LogP contribution >= 0.6 is 0 Å². The lowest BCUT2D eigenvalue weighted by Crippen LogP contribution is -2.44. The molecule has 1 N–H and O–H groups in total. The highest BCUT2D eigenvalue weighted by Crippen LogP contribution is 2.39. The number of amides is 1. The molecule has 0 radical (unpaired) electrons. The van der Waals surface area contributed by atoms with Crippen LogP contribution in [0, 0.1) is 12.3 Å². The van der Waals surface area contributed by atoms with Gasteiger partial charge in [0.1, 0.15) is 11.9 Å². The van der Waals surface area contributed by atoms with Crippen LogP contribution < -0.4 is 14.8 Å². The first-order chi connectivity index (χ1) is 14.0. The van der Waals surface area contributed by atoms with Gasteiger partial charge in [-0.1, -0.05) is 32.3 Å². The fraction of sp³-hybridized carbons (Fsp3) is 0.522. The first kappa shape index (κ1) is 19.7. The van der Waals surface area contributed by atoms with Crippen molar-refractivity contribution in [3.63, 3.8) is 0 Å². The number of aryl methyl sites for hydroxylation is 1. The van der Waals surface area contributed by atoms with Crippen LogP contribution in [-0.2, 0) is 11.2 Å². The van der Waals surface area contributed by atoms with E-state index in [1.165, 1.54) is 6.42 Å². The molecule has 1 aromatic carbocycles. The minimum absolute atomic E-state index is 0.0621. The first-order valence-corrected chi connectivity index (χ1v) is 10.4. The number of methoxy groups -OCH3 is 1. The summed E-state index contributed by atoms with van der Waals surface area (Å²) < 4.78 is 11.4. The van der Waals surface area contributed by atoms with Gasteiger partial charge in [0.25, 0.3) is 0 Å². The summed E-state index contributed by atoms with van der Waals surface area (Å²) in [5, 5.41) is 11.5. The molecule has 1 saturated carbocycles. The molecule has 6 nitrogen and oxygen atoms in total. The summed E-state index contributed by atoms with van der Waals surface area (Å²) >= 11 is 0. The molecule has 1 aliphatic heterocycles. The maximum Gasteiger partial charge on any atom is 0.233 e. The minimum atomic E-state index is -0.232. The molecular formula is C23H29N3O3. The zero-order valence-electron chi connectivity index (χ0n) is 17.5. The molecule has 1 atom stereocenters. The van der Waals surface area contributed by atoms with E-state index in [0.717, 1.165) is 60.2 Å². The van der Waals surface area contributed by atoms with Crippen LogP contribution in [0.25, 0.3) is 11.3 Å². The number of rotatable bonds is 5. The van der Waals surface area contributed by atoms with E-state index in [-0.39, 0.29) is 17.4 Å². The average Bonchev–Trinajstić information content (AvgIpc) is 3.14. The summed E-state index contributed by atoms with van der Waals surface area (Å²) in [6, 6.07) is 7.91. The minimum Gasteiger partial charge on any atom is -0.487 e. The quantitative estimate of drug-likeness (QED) is 0.832. The maximum absolute atomic E-state index is 12.8. The second kappa shape index (κ2) is 8.01. The first-order valence-electron chi connectivity index (χ1n) is 10.4. The van der Waals surface area contributed by atoms with E-state index in [2.05, 4.69) is 41.5 Å². The van der Waals surface area contributed by atoms with Crippen molar-refractivity contribution in [3.8, 4) is 22.9 Å². The molecule has 2 heterocycles. The monoisotopic (exact) mass is 395 g/mol. The van der Waals surface area contributed by atoms with E-state index in [0.29, 0.717) is 12.4 Å². The molecule has 29 heavy (non-hydrogen) atoms. The summed E-state index contributed by atoms with van der Waals surface area (Å²) in [6.07, 6.45) is 6.19. The van der Waals surface area contributed by atoms with Crippen molar-refractivity contribution < 1.29 is 14.3 Å². The maximum atomic E-state index is 12.8. The van der Waals surface area contributed by atoms with Crippen LogP contribution in [0.15, 0.2) is 24.3 Å². The highest BCUT2D eigenvalue weighted by molar-refractivity contribution is 5.82. The van der Waals surface area contributed by atoms with Crippen LogP contribution in [0.1, 0.15) is 50.2 Å². The topological polar surface area (TPSA) is 73.3 Å². The highest BCUT2D eigenvalue weighted by atomic mass is 16.5. The molecule has 2 aromatic rings. The van der Waals surface area contributed by atoms with Gasteiger partial charge < -0.3 is 14.8 Å². The lowest BCUT2D eigenvalue weighted by molar-refractivity contribution is -0.132. The zero-order valence-corrected chi connectivity index (χ0v) is 17.5. The van der Waals surface area contributed by atoms with Gasteiger partial charge in [-0.25, -0.2) is 0 Å². The van der Waals surface area contributed by atoms with Gasteiger partial charge in [-0.3, -0.25) is 4.79 Å². The molecule has 1 fully saturated rings. The summed E-state index contributed by atoms with van der Waals surface area (Å²) in [4.78, 5) is 12.8. The van der Waals surface area contributed by atoms with E-state index < -0.39 is 0 Å². The van der Waals surface area contributed by atoms with Crippen molar-refractivity contribution >= 4 is 5.91 Å². The van der Waals surface area contributed by atoms with Gasteiger partial charge in [0, 0.05) is 23.5 Å². The molecule has 1 aromatic heterocycles. The Bertz CT molecular complexity index is 889. The van der Waals surface area contributed by atoms with Crippen LogP contribution in [-0.4, -0.2) is 35.9 Å². The van der Waals surface area contributed by atoms with E-state index >= 15 is 0 Å². The Kier molecular flexibility index (Phi) is 5.43. The Hall–Kier alpha value is -2.63. The van der Waals surface area contributed by atoms with Crippen molar-refractivity contribution in [1.82, 2.24) is 15.5 Å². The third-order valence-corrected chi connectivity index (χ3v) is 6.16. The number of hydrogen-bond acceptors (Lipinski definition) is 5. The molecule has 6 heteroatoms. The molecule has 4 rings (SSSR count). The summed E-state index contributed by atoms with van der Waals surface area (Å²) in [6.45, 7) is 4.69. The second-order valence-corrected chi connectivity index (χ2v) is 8.54. The number of nitrogens with zero attached hydrogens (tertiary/aromatic N) is 2. The van der Waals surface area contributed by atoms with Crippen LogP contribution in [0.3, 0.4) is 0 Å². The Morgan fingerprint density at radius 2 is 2.03 bits per heavy atom. The predicted octanol–water partition coefficient (Wildman–Crippen LogP) is 3.85. The van der Waals surface area contributed by atoms with Crippen molar-refractivity contribution in [2.45, 2.75) is 58.5 Å². The van der Waals surface area contributed by atoms with Gasteiger partial charge >= 0.3 is 0 Å². The normalized spacial score (nSPS) is 19.9. The van der Waals surface area contributed by atoms with E-state index in [1.54, 1.807) is 13.2 Å². The van der Waals surface area contributed by atoms with Gasteiger partial charge in [-0.05, 0) is 43.0 Å². The van der Waals surface area contributed by atoms with Gasteiger partial charge in [0.05, 0.1) is 19.3 Å². The van der Waals surface area contributed by atoms with Crippen molar-refractivity contribution in [2.75, 3.05) is 13.7 Å². The number of nitrogens with one attached hydrogen (secondary N) is 1. The molecule has 0 spiro atoms. The van der Waals surface area contributed by atoms with Crippen molar-refractivity contribution in [2.24, 2.45) is 5.41 Å². The van der Waals surface area contributed by atoms with Crippen molar-refractivity contribution in [1.29, 1.82) is 0 Å². The molecular weight excluding hydrogens is 366 g/mol. The largest absolute Gasteiger partial charge is 0.487 e. The van der Waals surface area contributed by atoms with Crippen LogP contribution in [0.5, 0.6) is 11.6 Å². The number of benzene rings is 1. The Labute approximate surface area is 172 Å². The molecule has 1 amide bonds. The van der Waals surface area contributed by atoms with E-state index in [1.807, 2.05) is 6.07 Å². The Morgan fingerprint density at radius 3 is 2.72 bits per heavy atom. The number of fused-ring (bicyclic) bond motifs is 1.